The molecular weight excluding hydrogens is 372 g/mol. The van der Waals surface area contributed by atoms with Crippen molar-refractivity contribution in [3.8, 4) is 0 Å². The molecule has 3 aromatic carbocycles. The molecule has 0 unspecified atom stereocenters. The lowest BCUT2D eigenvalue weighted by molar-refractivity contribution is 0.0791. The van der Waals surface area contributed by atoms with Crippen LogP contribution in [-0.4, -0.2) is 38.8 Å². The molecule has 0 aliphatic carbocycles. The van der Waals surface area contributed by atoms with Gasteiger partial charge in [-0.1, -0.05) is 42.5 Å². The normalized spacial score (nSPS) is 16.7. The van der Waals surface area contributed by atoms with Crippen LogP contribution in [0.15, 0.2) is 72.8 Å². The first kappa shape index (κ1) is 17.2. The highest BCUT2D eigenvalue weighted by molar-refractivity contribution is 6.08. The van der Waals surface area contributed by atoms with Crippen LogP contribution in [-0.2, 0) is 0 Å². The molecule has 6 rings (SSSR count). The highest BCUT2D eigenvalue weighted by Gasteiger charge is 2.28. The first-order valence-corrected chi connectivity index (χ1v) is 10.3. The van der Waals surface area contributed by atoms with Gasteiger partial charge in [0.25, 0.3) is 5.91 Å². The van der Waals surface area contributed by atoms with Crippen molar-refractivity contribution in [2.24, 2.45) is 0 Å². The van der Waals surface area contributed by atoms with Crippen LogP contribution in [0.3, 0.4) is 0 Å². The molecule has 30 heavy (non-hydrogen) atoms. The maximum atomic E-state index is 13.2. The fraction of sp³-hybridized carbons (Fsp3) is 0.160. The van der Waals surface area contributed by atoms with Gasteiger partial charge in [-0.25, -0.2) is 9.97 Å². The van der Waals surface area contributed by atoms with Gasteiger partial charge >= 0.3 is 0 Å². The second-order valence-electron chi connectivity index (χ2n) is 7.94. The monoisotopic (exact) mass is 392 g/mol. The van der Waals surface area contributed by atoms with E-state index in [0.29, 0.717) is 11.5 Å². The summed E-state index contributed by atoms with van der Waals surface area (Å²) in [6, 6.07) is 24.1. The summed E-state index contributed by atoms with van der Waals surface area (Å²) in [5.74, 6) is 0.489. The third-order valence-electron chi connectivity index (χ3n) is 6.09. The molecule has 5 aromatic rings. The predicted molar refractivity (Wildman–Crippen MR) is 119 cm³/mol. The Kier molecular flexibility index (Phi) is 3.81. The maximum absolute atomic E-state index is 13.2. The lowest BCUT2D eigenvalue weighted by Gasteiger charge is -2.17. The molecule has 1 amide bonds. The summed E-state index contributed by atoms with van der Waals surface area (Å²) in [5, 5.41) is 0.938. The molecule has 0 saturated carbocycles. The van der Waals surface area contributed by atoms with Crippen molar-refractivity contribution in [3.63, 3.8) is 0 Å². The molecule has 2 aromatic heterocycles. The lowest BCUT2D eigenvalue weighted by Crippen LogP contribution is -2.28. The van der Waals surface area contributed by atoms with E-state index in [4.69, 9.17) is 9.97 Å². The fourth-order valence-electron chi connectivity index (χ4n) is 4.51. The summed E-state index contributed by atoms with van der Waals surface area (Å²) >= 11 is 0. The number of benzene rings is 3. The van der Waals surface area contributed by atoms with Crippen LogP contribution in [0, 0.1) is 0 Å². The Morgan fingerprint density at radius 3 is 2.53 bits per heavy atom. The zero-order chi connectivity index (χ0) is 20.1. The topological polar surface area (TPSA) is 61.9 Å². The smallest absolute Gasteiger partial charge is 0.253 e. The Morgan fingerprint density at radius 1 is 0.933 bits per heavy atom. The van der Waals surface area contributed by atoms with Gasteiger partial charge in [-0.05, 0) is 42.3 Å². The number of para-hydroxylation sites is 2. The minimum atomic E-state index is 0.0819. The van der Waals surface area contributed by atoms with E-state index < -0.39 is 0 Å². The van der Waals surface area contributed by atoms with Gasteiger partial charge in [-0.3, -0.25) is 4.79 Å². The third-order valence-corrected chi connectivity index (χ3v) is 6.09. The molecule has 1 aliphatic heterocycles. The van der Waals surface area contributed by atoms with Gasteiger partial charge in [0.05, 0.1) is 11.0 Å². The number of carbonyl (C=O) groups is 1. The highest BCUT2D eigenvalue weighted by atomic mass is 16.2. The molecule has 1 aliphatic rings. The van der Waals surface area contributed by atoms with E-state index in [1.807, 2.05) is 53.4 Å². The zero-order valence-electron chi connectivity index (χ0n) is 16.4. The second-order valence-corrected chi connectivity index (χ2v) is 7.94. The van der Waals surface area contributed by atoms with Gasteiger partial charge < -0.3 is 9.88 Å². The summed E-state index contributed by atoms with van der Waals surface area (Å²) in [6.45, 7) is 1.55. The molecule has 1 N–H and O–H groups in total. The van der Waals surface area contributed by atoms with Crippen LogP contribution in [0.1, 0.15) is 28.3 Å². The average molecular weight is 392 g/mol. The molecule has 5 nitrogen and oxygen atoms in total. The van der Waals surface area contributed by atoms with E-state index in [9.17, 15) is 4.79 Å². The Balaban J connectivity index is 1.36. The number of aromatic nitrogens is 3. The van der Waals surface area contributed by atoms with Crippen molar-refractivity contribution < 1.29 is 4.79 Å². The van der Waals surface area contributed by atoms with Gasteiger partial charge in [0, 0.05) is 35.5 Å². The summed E-state index contributed by atoms with van der Waals surface area (Å²) in [7, 11) is 0. The molecule has 1 atom stereocenters. The molecule has 146 valence electrons. The van der Waals surface area contributed by atoms with Crippen LogP contribution in [0.2, 0.25) is 0 Å². The van der Waals surface area contributed by atoms with Crippen LogP contribution in [0.5, 0.6) is 0 Å². The number of rotatable bonds is 2. The lowest BCUT2D eigenvalue weighted by atomic mass is 9.99. The van der Waals surface area contributed by atoms with Gasteiger partial charge in [-0.2, -0.15) is 0 Å². The molecule has 0 bridgehead atoms. The van der Waals surface area contributed by atoms with Gasteiger partial charge in [0.2, 0.25) is 0 Å². The molecule has 5 heteroatoms. The Bertz CT molecular complexity index is 1410. The third kappa shape index (κ3) is 2.74. The number of H-pyrrole nitrogens is 1. The Labute approximate surface area is 173 Å². The Hall–Kier alpha value is -3.73. The summed E-state index contributed by atoms with van der Waals surface area (Å²) in [6.07, 6.45) is 1.00. The van der Waals surface area contributed by atoms with Crippen molar-refractivity contribution in [1.29, 1.82) is 0 Å². The second kappa shape index (κ2) is 6.66. The SMILES string of the molecule is O=C(c1ccc2[nH]c3nc4ccccc4nc3c2c1)N1CC[C@H](c2ccccc2)C1. The number of nitrogens with zero attached hydrogens (tertiary/aromatic N) is 3. The predicted octanol–water partition coefficient (Wildman–Crippen LogP) is 4.89. The first-order valence-electron chi connectivity index (χ1n) is 10.3. The number of hydrogen-bond acceptors (Lipinski definition) is 3. The number of aromatic amines is 1. The van der Waals surface area contributed by atoms with E-state index in [0.717, 1.165) is 52.6 Å². The average Bonchev–Trinajstić information content (AvgIpc) is 3.42. The van der Waals surface area contributed by atoms with Crippen LogP contribution in [0.4, 0.5) is 0 Å². The van der Waals surface area contributed by atoms with E-state index in [2.05, 4.69) is 29.2 Å². The van der Waals surface area contributed by atoms with E-state index in [1.165, 1.54) is 5.56 Å². The molecule has 3 heterocycles. The van der Waals surface area contributed by atoms with Crippen molar-refractivity contribution in [2.75, 3.05) is 13.1 Å². The van der Waals surface area contributed by atoms with Crippen LogP contribution >= 0.6 is 0 Å². The fourth-order valence-corrected chi connectivity index (χ4v) is 4.51. The van der Waals surface area contributed by atoms with Crippen molar-refractivity contribution in [1.82, 2.24) is 19.9 Å². The summed E-state index contributed by atoms with van der Waals surface area (Å²) in [5.41, 5.74) is 6.22. The standard InChI is InChI=1S/C25H20N4O/c30-25(29-13-12-18(15-29)16-6-2-1-3-7-16)17-10-11-20-19(14-17)23-24(27-20)28-22-9-5-4-8-21(22)26-23/h1-11,14,18H,12-13,15H2,(H,27,28)/t18-/m0/s1. The molecule has 0 spiro atoms. The molecule has 1 fully saturated rings. The number of hydrogen-bond donors (Lipinski definition) is 1. The van der Waals surface area contributed by atoms with Crippen molar-refractivity contribution in [3.05, 3.63) is 83.9 Å². The van der Waals surface area contributed by atoms with Crippen molar-refractivity contribution in [2.45, 2.75) is 12.3 Å². The summed E-state index contributed by atoms with van der Waals surface area (Å²) in [4.78, 5) is 28.0. The number of likely N-dealkylation sites (tertiary alicyclic amines) is 1. The van der Waals surface area contributed by atoms with Gasteiger partial charge in [0.1, 0.15) is 5.52 Å². The minimum absolute atomic E-state index is 0.0819. The maximum Gasteiger partial charge on any atom is 0.253 e. The first-order chi connectivity index (χ1) is 14.8. The van der Waals surface area contributed by atoms with Gasteiger partial charge in [0.15, 0.2) is 5.65 Å². The van der Waals surface area contributed by atoms with Crippen molar-refractivity contribution >= 4 is 39.0 Å². The Morgan fingerprint density at radius 2 is 1.70 bits per heavy atom. The van der Waals surface area contributed by atoms with Crippen LogP contribution < -0.4 is 0 Å². The molecular formula is C25H20N4O. The van der Waals surface area contributed by atoms with Crippen LogP contribution in [0.25, 0.3) is 33.1 Å². The molecule has 0 radical (unpaired) electrons. The quantitative estimate of drug-likeness (QED) is 0.465. The summed E-state index contributed by atoms with van der Waals surface area (Å²) < 4.78 is 0. The van der Waals surface area contributed by atoms with E-state index in [1.54, 1.807) is 0 Å². The largest absolute Gasteiger partial charge is 0.338 e. The minimum Gasteiger partial charge on any atom is -0.338 e. The van der Waals surface area contributed by atoms with E-state index >= 15 is 0 Å². The zero-order valence-corrected chi connectivity index (χ0v) is 16.4. The number of fused-ring (bicyclic) bond motifs is 4. The molecule has 1 saturated heterocycles. The highest BCUT2D eigenvalue weighted by Crippen LogP contribution is 2.30. The van der Waals surface area contributed by atoms with E-state index in [-0.39, 0.29) is 5.91 Å². The number of amides is 1. The number of carbonyl (C=O) groups excluding carboxylic acids is 1. The number of nitrogens with one attached hydrogen (secondary N) is 1. The van der Waals surface area contributed by atoms with Gasteiger partial charge in [-0.15, -0.1) is 0 Å².